The number of nitrogens with zero attached hydrogens (tertiary/aromatic N) is 1. The second-order valence-corrected chi connectivity index (χ2v) is 4.40. The quantitative estimate of drug-likeness (QED) is 0.674. The number of fused-ring (bicyclic) bond motifs is 1. The number of hydrogen-bond donors (Lipinski definition) is 1. The smallest absolute Gasteiger partial charge is 0.321 e. The van der Waals surface area contributed by atoms with Gasteiger partial charge >= 0.3 is 6.03 Å². The zero-order valence-electron chi connectivity index (χ0n) is 9.94. The number of halogens is 1. The minimum Gasteiger partial charge on any atom is -0.323 e. The van der Waals surface area contributed by atoms with Crippen LogP contribution in [-0.2, 0) is 11.3 Å². The van der Waals surface area contributed by atoms with Gasteiger partial charge in [-0.15, -0.1) is 11.6 Å². The molecule has 0 atom stereocenters. The number of rotatable bonds is 3. The molecular formula is C13H13ClN2O2. The summed E-state index contributed by atoms with van der Waals surface area (Å²) in [5.74, 6) is -0.139. The van der Waals surface area contributed by atoms with Gasteiger partial charge in [-0.3, -0.25) is 4.79 Å². The summed E-state index contributed by atoms with van der Waals surface area (Å²) >= 11 is 5.41. The minimum atomic E-state index is -0.125. The van der Waals surface area contributed by atoms with Crippen LogP contribution in [0.3, 0.4) is 0 Å². The van der Waals surface area contributed by atoms with Crippen LogP contribution in [0.15, 0.2) is 24.3 Å². The highest BCUT2D eigenvalue weighted by atomic mass is 35.5. The number of allylic oxidation sites excluding steroid dienone is 1. The third kappa shape index (κ3) is 2.71. The van der Waals surface area contributed by atoms with E-state index >= 15 is 0 Å². The monoisotopic (exact) mass is 264 g/mol. The zero-order valence-corrected chi connectivity index (χ0v) is 10.7. The molecular weight excluding hydrogens is 252 g/mol. The number of ketones is 1. The van der Waals surface area contributed by atoms with Crippen molar-refractivity contribution >= 4 is 35.2 Å². The highest BCUT2D eigenvalue weighted by Gasteiger charge is 2.18. The lowest BCUT2D eigenvalue weighted by molar-refractivity contribution is -0.112. The van der Waals surface area contributed by atoms with Gasteiger partial charge in [-0.1, -0.05) is 12.1 Å². The van der Waals surface area contributed by atoms with Crippen LogP contribution in [0.5, 0.6) is 0 Å². The van der Waals surface area contributed by atoms with Gasteiger partial charge in [0, 0.05) is 19.3 Å². The van der Waals surface area contributed by atoms with Crippen LogP contribution in [-0.4, -0.2) is 29.6 Å². The SMILES string of the molecule is CN1Cc2cc(/C=C/C(=O)CCl)ccc2NC1=O. The molecule has 1 aromatic rings. The van der Waals surface area contributed by atoms with Gasteiger partial charge in [0.05, 0.1) is 5.88 Å². The van der Waals surface area contributed by atoms with Crippen molar-refractivity contribution < 1.29 is 9.59 Å². The molecule has 0 saturated carbocycles. The van der Waals surface area contributed by atoms with Gasteiger partial charge in [0.1, 0.15) is 0 Å². The first-order valence-electron chi connectivity index (χ1n) is 5.52. The number of alkyl halides is 1. The third-order valence-electron chi connectivity index (χ3n) is 2.72. The van der Waals surface area contributed by atoms with Crippen LogP contribution in [0.4, 0.5) is 10.5 Å². The zero-order chi connectivity index (χ0) is 13.1. The maximum Gasteiger partial charge on any atom is 0.321 e. The normalized spacial score (nSPS) is 14.6. The summed E-state index contributed by atoms with van der Waals surface area (Å²) in [4.78, 5) is 24.1. The number of nitrogens with one attached hydrogen (secondary N) is 1. The summed E-state index contributed by atoms with van der Waals surface area (Å²) in [6.07, 6.45) is 3.18. The predicted octanol–water partition coefficient (Wildman–Crippen LogP) is 2.49. The highest BCUT2D eigenvalue weighted by Crippen LogP contribution is 2.24. The van der Waals surface area contributed by atoms with E-state index in [9.17, 15) is 9.59 Å². The number of benzene rings is 1. The second kappa shape index (κ2) is 5.23. The summed E-state index contributed by atoms with van der Waals surface area (Å²) in [5, 5.41) is 2.79. The van der Waals surface area contributed by atoms with Crippen molar-refractivity contribution in [1.29, 1.82) is 0 Å². The molecule has 0 saturated heterocycles. The van der Waals surface area contributed by atoms with Crippen LogP contribution in [0.25, 0.3) is 6.08 Å². The molecule has 0 spiro atoms. The van der Waals surface area contributed by atoms with Gasteiger partial charge in [-0.25, -0.2) is 4.79 Å². The predicted molar refractivity (Wildman–Crippen MR) is 71.7 cm³/mol. The van der Waals surface area contributed by atoms with Crippen molar-refractivity contribution in [2.45, 2.75) is 6.54 Å². The van der Waals surface area contributed by atoms with Crippen molar-refractivity contribution in [3.63, 3.8) is 0 Å². The van der Waals surface area contributed by atoms with Crippen LogP contribution >= 0.6 is 11.6 Å². The molecule has 1 N–H and O–H groups in total. The van der Waals surface area contributed by atoms with Gasteiger partial charge in [0.25, 0.3) is 0 Å². The number of carbonyl (C=O) groups is 2. The van der Waals surface area contributed by atoms with E-state index in [1.54, 1.807) is 18.0 Å². The summed E-state index contributed by atoms with van der Waals surface area (Å²) in [7, 11) is 1.73. The fourth-order valence-electron chi connectivity index (χ4n) is 1.74. The van der Waals surface area contributed by atoms with E-state index in [4.69, 9.17) is 11.6 Å². The minimum absolute atomic E-state index is 0.0137. The molecule has 18 heavy (non-hydrogen) atoms. The van der Waals surface area contributed by atoms with Crippen molar-refractivity contribution in [2.24, 2.45) is 0 Å². The van der Waals surface area contributed by atoms with Crippen LogP contribution in [0.2, 0.25) is 0 Å². The van der Waals surface area contributed by atoms with E-state index in [1.807, 2.05) is 18.2 Å². The fourth-order valence-corrected chi connectivity index (χ4v) is 1.83. The molecule has 0 aromatic heterocycles. The largest absolute Gasteiger partial charge is 0.323 e. The first-order valence-corrected chi connectivity index (χ1v) is 6.05. The highest BCUT2D eigenvalue weighted by molar-refractivity contribution is 6.29. The second-order valence-electron chi connectivity index (χ2n) is 4.14. The van der Waals surface area contributed by atoms with Gasteiger partial charge < -0.3 is 10.2 Å². The third-order valence-corrected chi connectivity index (χ3v) is 2.98. The molecule has 0 bridgehead atoms. The van der Waals surface area contributed by atoms with Crippen molar-refractivity contribution in [3.8, 4) is 0 Å². The summed E-state index contributed by atoms with van der Waals surface area (Å²) in [5.41, 5.74) is 2.76. The fraction of sp³-hybridized carbons (Fsp3) is 0.231. The molecule has 94 valence electrons. The molecule has 4 nitrogen and oxygen atoms in total. The van der Waals surface area contributed by atoms with Crippen molar-refractivity contribution in [1.82, 2.24) is 4.90 Å². The Hall–Kier alpha value is -1.81. The number of carbonyl (C=O) groups excluding carboxylic acids is 2. The summed E-state index contributed by atoms with van der Waals surface area (Å²) < 4.78 is 0. The maximum absolute atomic E-state index is 11.4. The van der Waals surface area contributed by atoms with E-state index in [0.717, 1.165) is 16.8 Å². The number of anilines is 1. The molecule has 1 aliphatic heterocycles. The molecule has 1 aliphatic rings. The van der Waals surface area contributed by atoms with E-state index in [2.05, 4.69) is 5.32 Å². The average molecular weight is 265 g/mol. The maximum atomic E-state index is 11.4. The Labute approximate surface area is 110 Å². The molecule has 5 heteroatoms. The van der Waals surface area contributed by atoms with Crippen LogP contribution in [0, 0.1) is 0 Å². The number of hydrogen-bond acceptors (Lipinski definition) is 2. The lowest BCUT2D eigenvalue weighted by Crippen LogP contribution is -2.35. The molecule has 0 unspecified atom stereocenters. The standard InChI is InChI=1S/C13H13ClN2O2/c1-16-8-10-6-9(2-4-11(17)7-14)3-5-12(10)15-13(16)18/h2-6H,7-8H2,1H3,(H,15,18)/b4-2+. The van der Waals surface area contributed by atoms with Crippen LogP contribution < -0.4 is 5.32 Å². The van der Waals surface area contributed by atoms with E-state index in [0.29, 0.717) is 6.54 Å². The Morgan fingerprint density at radius 3 is 3.06 bits per heavy atom. The van der Waals surface area contributed by atoms with E-state index < -0.39 is 0 Å². The molecule has 0 aliphatic carbocycles. The molecule has 0 fully saturated rings. The Bertz CT molecular complexity index is 526. The topological polar surface area (TPSA) is 49.4 Å². The van der Waals surface area contributed by atoms with Crippen molar-refractivity contribution in [2.75, 3.05) is 18.2 Å². The molecule has 2 rings (SSSR count). The Kier molecular flexibility index (Phi) is 3.67. The first kappa shape index (κ1) is 12.6. The van der Waals surface area contributed by atoms with Crippen molar-refractivity contribution in [3.05, 3.63) is 35.4 Å². The molecule has 1 heterocycles. The Morgan fingerprint density at radius 2 is 2.33 bits per heavy atom. The van der Waals surface area contributed by atoms with Crippen LogP contribution in [0.1, 0.15) is 11.1 Å². The van der Waals surface area contributed by atoms with Gasteiger partial charge in [0.15, 0.2) is 5.78 Å². The van der Waals surface area contributed by atoms with Gasteiger partial charge in [-0.05, 0) is 29.3 Å². The van der Waals surface area contributed by atoms with E-state index in [-0.39, 0.29) is 17.7 Å². The number of urea groups is 1. The molecule has 0 radical (unpaired) electrons. The summed E-state index contributed by atoms with van der Waals surface area (Å²) in [6, 6.07) is 5.53. The van der Waals surface area contributed by atoms with E-state index in [1.165, 1.54) is 6.08 Å². The summed E-state index contributed by atoms with van der Waals surface area (Å²) in [6.45, 7) is 0.562. The molecule has 1 aromatic carbocycles. The first-order chi connectivity index (χ1) is 8.60. The van der Waals surface area contributed by atoms with Gasteiger partial charge in [0.2, 0.25) is 0 Å². The average Bonchev–Trinajstić information content (AvgIpc) is 2.37. The Morgan fingerprint density at radius 1 is 1.56 bits per heavy atom. The Balaban J connectivity index is 2.22. The van der Waals surface area contributed by atoms with Gasteiger partial charge in [-0.2, -0.15) is 0 Å². The number of amides is 2. The lowest BCUT2D eigenvalue weighted by Gasteiger charge is -2.26. The lowest BCUT2D eigenvalue weighted by atomic mass is 10.1. The molecule has 2 amide bonds.